The normalized spacial score (nSPS) is 17.9. The largest absolute Gasteiger partial charge is 0.398 e. The average Bonchev–Trinajstić information content (AvgIpc) is 2.25. The maximum absolute atomic E-state index is 6.01. The number of nitrogens with two attached hydrogens (primary N) is 1. The number of benzene rings is 1. The van der Waals surface area contributed by atoms with Crippen LogP contribution in [0.2, 0.25) is 0 Å². The third-order valence-corrected chi connectivity index (χ3v) is 3.28. The molecule has 2 heteroatoms. The van der Waals surface area contributed by atoms with E-state index in [4.69, 9.17) is 5.73 Å². The molecule has 2 N–H and O–H groups in total. The van der Waals surface area contributed by atoms with Crippen molar-refractivity contribution >= 4 is 5.69 Å². The van der Waals surface area contributed by atoms with Gasteiger partial charge in [-0.1, -0.05) is 18.6 Å². The zero-order chi connectivity index (χ0) is 10.7. The molecule has 0 aromatic heterocycles. The number of anilines is 1. The molecule has 15 heavy (non-hydrogen) atoms. The Hall–Kier alpha value is -1.02. The van der Waals surface area contributed by atoms with Crippen LogP contribution in [0.4, 0.5) is 5.69 Å². The van der Waals surface area contributed by atoms with Crippen molar-refractivity contribution in [2.75, 3.05) is 18.8 Å². The maximum atomic E-state index is 6.01. The van der Waals surface area contributed by atoms with E-state index >= 15 is 0 Å². The average molecular weight is 204 g/mol. The van der Waals surface area contributed by atoms with Crippen molar-refractivity contribution in [2.45, 2.75) is 32.7 Å². The number of hydrogen-bond acceptors (Lipinski definition) is 2. The van der Waals surface area contributed by atoms with Gasteiger partial charge in [-0.3, -0.25) is 4.90 Å². The molecule has 1 fully saturated rings. The molecule has 1 aliphatic rings. The number of likely N-dealkylation sites (tertiary alicyclic amines) is 1. The molecular formula is C13H20N2. The molecule has 1 aliphatic heterocycles. The molecular weight excluding hydrogens is 184 g/mol. The Bertz CT molecular complexity index is 307. The monoisotopic (exact) mass is 204 g/mol. The standard InChI is InChI=1S/C13H20N2/c1-11-6-5-7-13(14)12(11)10-15-8-3-2-4-9-15/h5-7H,2-4,8-10,14H2,1H3. The molecule has 1 aromatic rings. The van der Waals surface area contributed by atoms with Gasteiger partial charge in [-0.25, -0.2) is 0 Å². The van der Waals surface area contributed by atoms with E-state index in [1.54, 1.807) is 0 Å². The van der Waals surface area contributed by atoms with Crippen LogP contribution >= 0.6 is 0 Å². The van der Waals surface area contributed by atoms with E-state index in [0.29, 0.717) is 0 Å². The van der Waals surface area contributed by atoms with E-state index in [1.807, 2.05) is 12.1 Å². The molecule has 1 saturated heterocycles. The van der Waals surface area contributed by atoms with Gasteiger partial charge < -0.3 is 5.73 Å². The molecule has 1 aromatic carbocycles. The highest BCUT2D eigenvalue weighted by Crippen LogP contribution is 2.20. The summed E-state index contributed by atoms with van der Waals surface area (Å²) in [7, 11) is 0. The van der Waals surface area contributed by atoms with Gasteiger partial charge in [-0.05, 0) is 50.0 Å². The fourth-order valence-corrected chi connectivity index (χ4v) is 2.28. The molecule has 0 spiro atoms. The molecule has 0 amide bonds. The van der Waals surface area contributed by atoms with Crippen molar-refractivity contribution in [2.24, 2.45) is 0 Å². The van der Waals surface area contributed by atoms with Crippen molar-refractivity contribution in [3.05, 3.63) is 29.3 Å². The van der Waals surface area contributed by atoms with E-state index in [2.05, 4.69) is 17.9 Å². The summed E-state index contributed by atoms with van der Waals surface area (Å²) < 4.78 is 0. The van der Waals surface area contributed by atoms with Crippen molar-refractivity contribution in [1.29, 1.82) is 0 Å². The second kappa shape index (κ2) is 4.67. The van der Waals surface area contributed by atoms with Crippen LogP contribution in [0.5, 0.6) is 0 Å². The van der Waals surface area contributed by atoms with Gasteiger partial charge in [0.2, 0.25) is 0 Å². The maximum Gasteiger partial charge on any atom is 0.0362 e. The fourth-order valence-electron chi connectivity index (χ4n) is 2.28. The first-order valence-corrected chi connectivity index (χ1v) is 5.83. The van der Waals surface area contributed by atoms with Crippen LogP contribution < -0.4 is 5.73 Å². The molecule has 2 rings (SSSR count). The van der Waals surface area contributed by atoms with E-state index in [1.165, 1.54) is 43.5 Å². The molecule has 82 valence electrons. The Labute approximate surface area is 92.1 Å². The van der Waals surface area contributed by atoms with Crippen LogP contribution in [0.15, 0.2) is 18.2 Å². The molecule has 2 nitrogen and oxygen atoms in total. The van der Waals surface area contributed by atoms with Crippen LogP contribution in [0.1, 0.15) is 30.4 Å². The minimum Gasteiger partial charge on any atom is -0.398 e. The van der Waals surface area contributed by atoms with Crippen molar-refractivity contribution < 1.29 is 0 Å². The Morgan fingerprint density at radius 2 is 1.93 bits per heavy atom. The van der Waals surface area contributed by atoms with Gasteiger partial charge in [0.05, 0.1) is 0 Å². The minimum atomic E-state index is 0.945. The van der Waals surface area contributed by atoms with E-state index < -0.39 is 0 Å². The van der Waals surface area contributed by atoms with Gasteiger partial charge in [0, 0.05) is 12.2 Å². The summed E-state index contributed by atoms with van der Waals surface area (Å²) in [5, 5.41) is 0. The van der Waals surface area contributed by atoms with Gasteiger partial charge in [0.1, 0.15) is 0 Å². The second-order valence-electron chi connectivity index (χ2n) is 4.48. The van der Waals surface area contributed by atoms with E-state index in [9.17, 15) is 0 Å². The highest BCUT2D eigenvalue weighted by Gasteiger charge is 2.12. The lowest BCUT2D eigenvalue weighted by atomic mass is 10.0. The minimum absolute atomic E-state index is 0.945. The van der Waals surface area contributed by atoms with Crippen molar-refractivity contribution in [3.8, 4) is 0 Å². The highest BCUT2D eigenvalue weighted by molar-refractivity contribution is 5.50. The number of rotatable bonds is 2. The molecule has 0 unspecified atom stereocenters. The van der Waals surface area contributed by atoms with E-state index in [-0.39, 0.29) is 0 Å². The first kappa shape index (κ1) is 10.5. The Kier molecular flexibility index (Phi) is 3.27. The summed E-state index contributed by atoms with van der Waals surface area (Å²) >= 11 is 0. The summed E-state index contributed by atoms with van der Waals surface area (Å²) in [4.78, 5) is 2.52. The van der Waals surface area contributed by atoms with Crippen LogP contribution in [-0.2, 0) is 6.54 Å². The zero-order valence-electron chi connectivity index (χ0n) is 9.50. The predicted molar refractivity (Wildman–Crippen MR) is 64.7 cm³/mol. The quantitative estimate of drug-likeness (QED) is 0.750. The van der Waals surface area contributed by atoms with Crippen LogP contribution in [-0.4, -0.2) is 18.0 Å². The number of hydrogen-bond donors (Lipinski definition) is 1. The van der Waals surface area contributed by atoms with Gasteiger partial charge in [-0.15, -0.1) is 0 Å². The Balaban J connectivity index is 2.09. The molecule has 0 saturated carbocycles. The first-order chi connectivity index (χ1) is 7.27. The highest BCUT2D eigenvalue weighted by atomic mass is 15.1. The lowest BCUT2D eigenvalue weighted by molar-refractivity contribution is 0.221. The Morgan fingerprint density at radius 1 is 1.20 bits per heavy atom. The summed E-state index contributed by atoms with van der Waals surface area (Å²) in [6.45, 7) is 5.63. The molecule has 0 bridgehead atoms. The van der Waals surface area contributed by atoms with Crippen molar-refractivity contribution in [1.82, 2.24) is 4.90 Å². The summed E-state index contributed by atoms with van der Waals surface area (Å²) in [5.41, 5.74) is 9.60. The third-order valence-electron chi connectivity index (χ3n) is 3.28. The van der Waals surface area contributed by atoms with E-state index in [0.717, 1.165) is 12.2 Å². The lowest BCUT2D eigenvalue weighted by Gasteiger charge is -2.27. The first-order valence-electron chi connectivity index (χ1n) is 5.83. The van der Waals surface area contributed by atoms with Crippen LogP contribution in [0.3, 0.4) is 0 Å². The summed E-state index contributed by atoms with van der Waals surface area (Å²) in [6, 6.07) is 6.19. The van der Waals surface area contributed by atoms with Crippen molar-refractivity contribution in [3.63, 3.8) is 0 Å². The summed E-state index contributed by atoms with van der Waals surface area (Å²) in [5.74, 6) is 0. The zero-order valence-corrected chi connectivity index (χ0v) is 9.50. The summed E-state index contributed by atoms with van der Waals surface area (Å²) in [6.07, 6.45) is 4.07. The molecule has 1 heterocycles. The topological polar surface area (TPSA) is 29.3 Å². The molecule has 0 aliphatic carbocycles. The SMILES string of the molecule is Cc1cccc(N)c1CN1CCCCC1. The number of aryl methyl sites for hydroxylation is 1. The van der Waals surface area contributed by atoms with Crippen LogP contribution in [0, 0.1) is 6.92 Å². The van der Waals surface area contributed by atoms with Gasteiger partial charge in [-0.2, -0.15) is 0 Å². The van der Waals surface area contributed by atoms with Gasteiger partial charge in [0.25, 0.3) is 0 Å². The smallest absolute Gasteiger partial charge is 0.0362 e. The fraction of sp³-hybridized carbons (Fsp3) is 0.538. The third kappa shape index (κ3) is 2.51. The number of nitrogens with zero attached hydrogens (tertiary/aromatic N) is 1. The number of piperidine rings is 1. The lowest BCUT2D eigenvalue weighted by Crippen LogP contribution is -2.29. The predicted octanol–water partition coefficient (Wildman–Crippen LogP) is 2.56. The van der Waals surface area contributed by atoms with Gasteiger partial charge in [0.15, 0.2) is 0 Å². The second-order valence-corrected chi connectivity index (χ2v) is 4.48. The van der Waals surface area contributed by atoms with Crippen LogP contribution in [0.25, 0.3) is 0 Å². The Morgan fingerprint density at radius 3 is 2.60 bits per heavy atom. The molecule has 0 atom stereocenters. The number of nitrogen functional groups attached to an aromatic ring is 1. The molecule has 0 radical (unpaired) electrons. The van der Waals surface area contributed by atoms with Gasteiger partial charge >= 0.3 is 0 Å².